The van der Waals surface area contributed by atoms with E-state index in [0.29, 0.717) is 0 Å². The highest BCUT2D eigenvalue weighted by atomic mass is 15.2. The molecule has 2 nitrogen and oxygen atoms in total. The average molecular weight is 889 g/mol. The molecule has 0 amide bonds. The maximum atomic E-state index is 2.50. The Labute approximate surface area is 406 Å². The van der Waals surface area contributed by atoms with Gasteiger partial charge in [-0.3, -0.25) is 0 Å². The predicted molar refractivity (Wildman–Crippen MR) is 300 cm³/mol. The summed E-state index contributed by atoms with van der Waals surface area (Å²) in [4.78, 5) is 4.99. The third kappa shape index (κ3) is 6.42. The zero-order valence-electron chi connectivity index (χ0n) is 38.3. The van der Waals surface area contributed by atoms with Gasteiger partial charge in [0.25, 0.3) is 0 Å². The van der Waals surface area contributed by atoms with Gasteiger partial charge in [-0.25, -0.2) is 0 Å². The first-order chi connectivity index (χ1) is 34.7. The molecule has 14 aromatic rings. The third-order valence-electron chi connectivity index (χ3n) is 14.5. The van der Waals surface area contributed by atoms with Crippen LogP contribution in [0.25, 0.3) is 97.7 Å². The SMILES string of the molecule is c1ccc(N(c2cccc3ccccc23)c2cc(-c3ccc4ccccc4c3)c3ccc4c(N(c5ccccc5)c5cccc6ccccc56)cc(-c5ccc6ccccc6c5)c5ccc2c3c54)cc1. The average Bonchev–Trinajstić information content (AvgIpc) is 3.43. The number of hydrogen-bond acceptors (Lipinski definition) is 2. The van der Waals surface area contributed by atoms with E-state index in [0.717, 1.165) is 34.1 Å². The normalized spacial score (nSPS) is 11.7. The van der Waals surface area contributed by atoms with Crippen molar-refractivity contribution in [3.8, 4) is 22.3 Å². The van der Waals surface area contributed by atoms with E-state index >= 15 is 0 Å². The van der Waals surface area contributed by atoms with Crippen molar-refractivity contribution in [3.63, 3.8) is 0 Å². The van der Waals surface area contributed by atoms with Gasteiger partial charge in [0.2, 0.25) is 0 Å². The molecular formula is C68H44N2. The minimum Gasteiger partial charge on any atom is -0.309 e. The molecule has 0 atom stereocenters. The summed E-state index contributed by atoms with van der Waals surface area (Å²) >= 11 is 0. The van der Waals surface area contributed by atoms with E-state index in [4.69, 9.17) is 0 Å². The van der Waals surface area contributed by atoms with Crippen LogP contribution < -0.4 is 9.80 Å². The van der Waals surface area contributed by atoms with E-state index in [1.54, 1.807) is 0 Å². The number of para-hydroxylation sites is 2. The van der Waals surface area contributed by atoms with Gasteiger partial charge in [0, 0.05) is 43.7 Å². The van der Waals surface area contributed by atoms with Crippen molar-refractivity contribution >= 4 is 110 Å². The molecule has 14 rings (SSSR count). The molecule has 0 spiro atoms. The number of benzene rings is 14. The van der Waals surface area contributed by atoms with E-state index in [1.165, 1.54) is 97.7 Å². The van der Waals surface area contributed by atoms with Gasteiger partial charge in [-0.15, -0.1) is 0 Å². The van der Waals surface area contributed by atoms with Gasteiger partial charge in [-0.1, -0.05) is 206 Å². The summed E-state index contributed by atoms with van der Waals surface area (Å²) in [6, 6.07) is 98.6. The molecule has 0 aliphatic carbocycles. The lowest BCUT2D eigenvalue weighted by Crippen LogP contribution is -2.12. The highest BCUT2D eigenvalue weighted by Crippen LogP contribution is 2.53. The Bertz CT molecular complexity index is 4020. The highest BCUT2D eigenvalue weighted by Gasteiger charge is 2.27. The molecule has 0 bridgehead atoms. The van der Waals surface area contributed by atoms with E-state index in [2.05, 4.69) is 277 Å². The van der Waals surface area contributed by atoms with Crippen molar-refractivity contribution in [2.45, 2.75) is 0 Å². The number of anilines is 6. The zero-order valence-corrected chi connectivity index (χ0v) is 38.3. The number of rotatable bonds is 8. The number of nitrogens with zero attached hydrogens (tertiary/aromatic N) is 2. The van der Waals surface area contributed by atoms with Crippen LogP contribution in [0.2, 0.25) is 0 Å². The van der Waals surface area contributed by atoms with Crippen LogP contribution in [-0.4, -0.2) is 0 Å². The van der Waals surface area contributed by atoms with Crippen LogP contribution in [0.1, 0.15) is 0 Å². The molecule has 0 heterocycles. The summed E-state index contributed by atoms with van der Waals surface area (Å²) in [7, 11) is 0. The molecule has 0 fully saturated rings. The van der Waals surface area contributed by atoms with Crippen LogP contribution in [0.4, 0.5) is 34.1 Å². The summed E-state index contributed by atoms with van der Waals surface area (Å²) in [5.41, 5.74) is 11.5. The fourth-order valence-electron chi connectivity index (χ4n) is 11.3. The minimum absolute atomic E-state index is 1.10. The maximum absolute atomic E-state index is 2.50. The quantitative estimate of drug-likeness (QED) is 0.140. The molecule has 2 heteroatoms. The van der Waals surface area contributed by atoms with Crippen LogP contribution in [0.15, 0.2) is 267 Å². The smallest absolute Gasteiger partial charge is 0.0547 e. The summed E-state index contributed by atoms with van der Waals surface area (Å²) < 4.78 is 0. The minimum atomic E-state index is 1.10. The van der Waals surface area contributed by atoms with E-state index in [-0.39, 0.29) is 0 Å². The molecule has 0 aliphatic heterocycles. The molecule has 0 unspecified atom stereocenters. The van der Waals surface area contributed by atoms with Gasteiger partial charge >= 0.3 is 0 Å². The summed E-state index contributed by atoms with van der Waals surface area (Å²) in [5.74, 6) is 0. The van der Waals surface area contributed by atoms with Crippen molar-refractivity contribution in [2.24, 2.45) is 0 Å². The molecule has 0 saturated heterocycles. The summed E-state index contributed by atoms with van der Waals surface area (Å²) in [5, 5.41) is 17.0. The number of hydrogen-bond donors (Lipinski definition) is 0. The first-order valence-corrected chi connectivity index (χ1v) is 24.2. The Morgan fingerprint density at radius 2 is 0.557 bits per heavy atom. The Morgan fingerprint density at radius 1 is 0.200 bits per heavy atom. The first kappa shape index (κ1) is 39.9. The van der Waals surface area contributed by atoms with Crippen molar-refractivity contribution in [1.29, 1.82) is 0 Å². The Morgan fingerprint density at radius 3 is 1.00 bits per heavy atom. The Hall–Kier alpha value is -9.24. The molecule has 0 saturated carbocycles. The number of fused-ring (bicyclic) bond motifs is 4. The Balaban J connectivity index is 1.17. The second-order valence-corrected chi connectivity index (χ2v) is 18.4. The van der Waals surface area contributed by atoms with Gasteiger partial charge in [-0.05, 0) is 126 Å². The van der Waals surface area contributed by atoms with Crippen LogP contribution in [-0.2, 0) is 0 Å². The van der Waals surface area contributed by atoms with E-state index < -0.39 is 0 Å². The molecule has 0 aliphatic rings. The largest absolute Gasteiger partial charge is 0.309 e. The van der Waals surface area contributed by atoms with Crippen molar-refractivity contribution in [2.75, 3.05) is 9.80 Å². The van der Waals surface area contributed by atoms with E-state index in [9.17, 15) is 0 Å². The van der Waals surface area contributed by atoms with Gasteiger partial charge in [0.1, 0.15) is 0 Å². The summed E-state index contributed by atoms with van der Waals surface area (Å²) in [6.07, 6.45) is 0. The van der Waals surface area contributed by atoms with Gasteiger partial charge in [-0.2, -0.15) is 0 Å². The Kier molecular flexibility index (Phi) is 9.25. The predicted octanol–water partition coefficient (Wildman–Crippen LogP) is 19.5. The second-order valence-electron chi connectivity index (χ2n) is 18.4. The van der Waals surface area contributed by atoms with Gasteiger partial charge in [0.05, 0.1) is 22.7 Å². The molecule has 0 N–H and O–H groups in total. The lowest BCUT2D eigenvalue weighted by Gasteiger charge is -2.31. The van der Waals surface area contributed by atoms with Crippen LogP contribution in [0.5, 0.6) is 0 Å². The summed E-state index contributed by atoms with van der Waals surface area (Å²) in [6.45, 7) is 0. The van der Waals surface area contributed by atoms with Gasteiger partial charge < -0.3 is 9.80 Å². The zero-order chi connectivity index (χ0) is 46.1. The molecule has 70 heavy (non-hydrogen) atoms. The molecule has 0 aromatic heterocycles. The molecular weight excluding hydrogens is 845 g/mol. The van der Waals surface area contributed by atoms with Crippen molar-refractivity contribution in [1.82, 2.24) is 0 Å². The first-order valence-electron chi connectivity index (χ1n) is 24.2. The molecule has 14 aromatic carbocycles. The standard InChI is InChI=1S/C68H44N2/c1-3-25-53(26-4-1)69(63-31-15-23-47-19-11-13-29-55(47)63)65-43-61(51-35-33-45-17-7-9-21-49(45)41-51)57-38-40-60-66(70(54-27-5-2-6-28-54)64-32-16-24-48-20-12-14-30-56(48)64)44-62(58-37-39-59(65)67(57)68(58)60)52-36-34-46-18-8-10-22-50(46)42-52/h1-44H. The highest BCUT2D eigenvalue weighted by molar-refractivity contribution is 6.33. The van der Waals surface area contributed by atoms with Crippen LogP contribution in [0, 0.1) is 0 Å². The fraction of sp³-hybridized carbons (Fsp3) is 0. The second kappa shape index (κ2) is 16.2. The van der Waals surface area contributed by atoms with Gasteiger partial charge in [0.15, 0.2) is 0 Å². The topological polar surface area (TPSA) is 6.48 Å². The lowest BCUT2D eigenvalue weighted by atomic mass is 9.84. The maximum Gasteiger partial charge on any atom is 0.0547 e. The lowest BCUT2D eigenvalue weighted by molar-refractivity contribution is 1.31. The molecule has 326 valence electrons. The fourth-order valence-corrected chi connectivity index (χ4v) is 11.3. The van der Waals surface area contributed by atoms with Crippen LogP contribution in [0.3, 0.4) is 0 Å². The third-order valence-corrected chi connectivity index (χ3v) is 14.5. The molecule has 0 radical (unpaired) electrons. The van der Waals surface area contributed by atoms with Crippen molar-refractivity contribution in [3.05, 3.63) is 267 Å². The van der Waals surface area contributed by atoms with E-state index in [1.807, 2.05) is 0 Å². The van der Waals surface area contributed by atoms with Crippen molar-refractivity contribution < 1.29 is 0 Å². The monoisotopic (exact) mass is 888 g/mol. The van der Waals surface area contributed by atoms with Crippen LogP contribution >= 0.6 is 0 Å².